The van der Waals surface area contributed by atoms with Crippen LogP contribution in [0.3, 0.4) is 0 Å². The Morgan fingerprint density at radius 2 is 1.24 bits per heavy atom. The van der Waals surface area contributed by atoms with Crippen molar-refractivity contribution in [2.75, 3.05) is 0 Å². The molecule has 33 heavy (non-hydrogen) atoms. The number of rotatable bonds is 4. The van der Waals surface area contributed by atoms with Gasteiger partial charge >= 0.3 is 0 Å². The molecule has 9 heteroatoms. The second-order valence-electron chi connectivity index (χ2n) is 8.15. The van der Waals surface area contributed by atoms with Crippen molar-refractivity contribution in [2.24, 2.45) is 0 Å². The lowest BCUT2D eigenvalue weighted by atomic mass is 10.1. The Hall–Kier alpha value is -4.11. The molecule has 0 aliphatic carbocycles. The van der Waals surface area contributed by atoms with Gasteiger partial charge in [0, 0.05) is 5.56 Å². The third-order valence-electron chi connectivity index (χ3n) is 6.15. The van der Waals surface area contributed by atoms with Crippen LogP contribution in [0.25, 0.3) is 22.1 Å². The van der Waals surface area contributed by atoms with Gasteiger partial charge in [0.25, 0.3) is 5.91 Å². The van der Waals surface area contributed by atoms with Crippen LogP contribution >= 0.6 is 0 Å². The third kappa shape index (κ3) is 3.42. The highest BCUT2D eigenvalue weighted by atomic mass is 16.2. The first kappa shape index (κ1) is 19.6. The van der Waals surface area contributed by atoms with Crippen LogP contribution in [0.1, 0.15) is 42.0 Å². The number of amides is 1. The van der Waals surface area contributed by atoms with E-state index in [0.29, 0.717) is 5.56 Å². The van der Waals surface area contributed by atoms with Gasteiger partial charge in [-0.2, -0.15) is 5.01 Å². The molecule has 9 nitrogen and oxygen atoms in total. The molecule has 5 aromatic rings. The molecular weight excluding hydrogens is 416 g/mol. The maximum absolute atomic E-state index is 13.2. The lowest BCUT2D eigenvalue weighted by molar-refractivity contribution is -0.0427. The predicted molar refractivity (Wildman–Crippen MR) is 123 cm³/mol. The van der Waals surface area contributed by atoms with Crippen molar-refractivity contribution in [2.45, 2.75) is 31.6 Å². The third-order valence-corrected chi connectivity index (χ3v) is 6.15. The standard InChI is InChI=1S/C24H22N8O/c33-24(17-9-2-1-3-10-17)27-32-22(30-20-13-6-4-11-18(20)25-28-30)15-8-16-23(32)31-21-14-7-5-12-19(21)26-29-31/h1-7,9-14,22-23H,8,15-16H2,(H,27,33). The van der Waals surface area contributed by atoms with E-state index in [4.69, 9.17) is 0 Å². The van der Waals surface area contributed by atoms with Crippen LogP contribution in [0, 0.1) is 0 Å². The molecular formula is C24H22N8O. The predicted octanol–water partition coefficient (Wildman–Crippen LogP) is 3.70. The van der Waals surface area contributed by atoms with Crippen LogP contribution in [-0.4, -0.2) is 40.9 Å². The Kier molecular flexibility index (Phi) is 4.80. The summed E-state index contributed by atoms with van der Waals surface area (Å²) in [6.07, 6.45) is 2.10. The number of hydrogen-bond donors (Lipinski definition) is 1. The lowest BCUT2D eigenvalue weighted by Gasteiger charge is -2.41. The Morgan fingerprint density at radius 3 is 1.82 bits per heavy atom. The molecule has 0 spiro atoms. The first-order valence-electron chi connectivity index (χ1n) is 11.0. The molecule has 1 aliphatic rings. The molecule has 1 aliphatic heterocycles. The molecule has 0 saturated carbocycles. The second-order valence-corrected chi connectivity index (χ2v) is 8.15. The summed E-state index contributed by atoms with van der Waals surface area (Å²) >= 11 is 0. The number of hydrazine groups is 1. The van der Waals surface area contributed by atoms with Crippen molar-refractivity contribution in [1.29, 1.82) is 0 Å². The van der Waals surface area contributed by atoms with Gasteiger partial charge in [-0.25, -0.2) is 9.36 Å². The van der Waals surface area contributed by atoms with E-state index in [1.54, 1.807) is 12.1 Å². The molecule has 2 unspecified atom stereocenters. The summed E-state index contributed by atoms with van der Waals surface area (Å²) < 4.78 is 3.79. The second kappa shape index (κ2) is 8.10. The van der Waals surface area contributed by atoms with Gasteiger partial charge in [-0.05, 0) is 55.7 Å². The Balaban J connectivity index is 1.44. The molecule has 0 bridgehead atoms. The fraction of sp³-hybridized carbons (Fsp3) is 0.208. The largest absolute Gasteiger partial charge is 0.281 e. The van der Waals surface area contributed by atoms with Crippen molar-refractivity contribution in [1.82, 2.24) is 40.4 Å². The first-order chi connectivity index (χ1) is 16.3. The van der Waals surface area contributed by atoms with Gasteiger partial charge in [0.2, 0.25) is 0 Å². The highest BCUT2D eigenvalue weighted by molar-refractivity contribution is 5.93. The number of fused-ring (bicyclic) bond motifs is 2. The van der Waals surface area contributed by atoms with Crippen LogP contribution in [-0.2, 0) is 0 Å². The van der Waals surface area contributed by atoms with Gasteiger partial charge in [0.15, 0.2) is 0 Å². The molecule has 1 N–H and O–H groups in total. The zero-order valence-electron chi connectivity index (χ0n) is 17.8. The maximum Gasteiger partial charge on any atom is 0.265 e. The molecule has 1 saturated heterocycles. The summed E-state index contributed by atoms with van der Waals surface area (Å²) in [5.41, 5.74) is 7.23. The molecule has 2 atom stereocenters. The van der Waals surface area contributed by atoms with Gasteiger partial charge in [-0.1, -0.05) is 52.9 Å². The maximum atomic E-state index is 13.2. The van der Waals surface area contributed by atoms with E-state index in [9.17, 15) is 4.79 Å². The molecule has 3 heterocycles. The zero-order valence-corrected chi connectivity index (χ0v) is 17.8. The number of carbonyl (C=O) groups is 1. The van der Waals surface area contributed by atoms with E-state index in [0.717, 1.165) is 41.3 Å². The van der Waals surface area contributed by atoms with Crippen LogP contribution in [0.2, 0.25) is 0 Å². The van der Waals surface area contributed by atoms with E-state index >= 15 is 0 Å². The average molecular weight is 438 g/mol. The van der Waals surface area contributed by atoms with E-state index in [1.807, 2.05) is 81.1 Å². The van der Waals surface area contributed by atoms with Crippen molar-refractivity contribution >= 4 is 28.0 Å². The topological polar surface area (TPSA) is 93.8 Å². The van der Waals surface area contributed by atoms with Gasteiger partial charge in [0.1, 0.15) is 23.4 Å². The van der Waals surface area contributed by atoms with Crippen LogP contribution in [0.5, 0.6) is 0 Å². The summed E-state index contributed by atoms with van der Waals surface area (Å²) in [7, 11) is 0. The number of nitrogens with one attached hydrogen (secondary N) is 1. The van der Waals surface area contributed by atoms with E-state index in [2.05, 4.69) is 26.0 Å². The highest BCUT2D eigenvalue weighted by Crippen LogP contribution is 2.36. The Labute approximate surface area is 189 Å². The van der Waals surface area contributed by atoms with Gasteiger partial charge in [0.05, 0.1) is 11.0 Å². The number of hydrogen-bond acceptors (Lipinski definition) is 6. The van der Waals surface area contributed by atoms with Gasteiger partial charge in [-0.15, -0.1) is 10.2 Å². The van der Waals surface area contributed by atoms with E-state index < -0.39 is 0 Å². The molecule has 0 radical (unpaired) electrons. The minimum absolute atomic E-state index is 0.179. The molecule has 3 aromatic carbocycles. The van der Waals surface area contributed by atoms with Gasteiger partial charge in [-0.3, -0.25) is 10.2 Å². The summed E-state index contributed by atoms with van der Waals surface area (Å²) in [4.78, 5) is 13.2. The summed E-state index contributed by atoms with van der Waals surface area (Å²) in [5.74, 6) is -0.179. The van der Waals surface area contributed by atoms with Crippen molar-refractivity contribution < 1.29 is 4.79 Å². The summed E-state index contributed by atoms with van der Waals surface area (Å²) in [6.45, 7) is 0. The first-order valence-corrected chi connectivity index (χ1v) is 11.0. The summed E-state index contributed by atoms with van der Waals surface area (Å²) in [5, 5.41) is 19.6. The number of nitrogens with zero attached hydrogens (tertiary/aromatic N) is 7. The highest BCUT2D eigenvalue weighted by Gasteiger charge is 2.37. The van der Waals surface area contributed by atoms with E-state index in [1.165, 1.54) is 0 Å². The van der Waals surface area contributed by atoms with Crippen LogP contribution in [0.4, 0.5) is 0 Å². The smallest absolute Gasteiger partial charge is 0.265 e. The molecule has 6 rings (SSSR count). The molecule has 1 fully saturated rings. The van der Waals surface area contributed by atoms with E-state index in [-0.39, 0.29) is 18.2 Å². The van der Waals surface area contributed by atoms with Crippen molar-refractivity contribution in [3.05, 3.63) is 84.4 Å². The summed E-state index contributed by atoms with van der Waals surface area (Å²) in [6, 6.07) is 24.9. The number of piperidine rings is 1. The number of aromatic nitrogens is 6. The van der Waals surface area contributed by atoms with Crippen molar-refractivity contribution in [3.8, 4) is 0 Å². The van der Waals surface area contributed by atoms with Crippen LogP contribution in [0.15, 0.2) is 78.9 Å². The number of para-hydroxylation sites is 2. The fourth-order valence-electron chi connectivity index (χ4n) is 4.57. The monoisotopic (exact) mass is 438 g/mol. The molecule has 2 aromatic heterocycles. The Bertz CT molecular complexity index is 1340. The molecule has 164 valence electrons. The quantitative estimate of drug-likeness (QED) is 0.460. The minimum Gasteiger partial charge on any atom is -0.281 e. The Morgan fingerprint density at radius 1 is 0.727 bits per heavy atom. The number of benzene rings is 3. The number of carbonyl (C=O) groups excluding carboxylic acids is 1. The fourth-order valence-corrected chi connectivity index (χ4v) is 4.57. The lowest BCUT2D eigenvalue weighted by Crippen LogP contribution is -2.52. The van der Waals surface area contributed by atoms with Crippen molar-refractivity contribution in [3.63, 3.8) is 0 Å². The normalized spacial score (nSPS) is 19.2. The van der Waals surface area contributed by atoms with Gasteiger partial charge < -0.3 is 0 Å². The average Bonchev–Trinajstić information content (AvgIpc) is 3.49. The SMILES string of the molecule is O=C(NN1C(n2nnc3ccccc32)CCCC1n1nnc2ccccc21)c1ccccc1. The zero-order chi connectivity index (χ0) is 22.2. The van der Waals surface area contributed by atoms with Crippen LogP contribution < -0.4 is 5.43 Å². The molecule has 1 amide bonds. The minimum atomic E-state index is -0.230.